The third-order valence-electron chi connectivity index (χ3n) is 2.82. The molecule has 1 heterocycles. The van der Waals surface area contributed by atoms with Crippen molar-refractivity contribution in [2.24, 2.45) is 5.73 Å². The highest BCUT2D eigenvalue weighted by molar-refractivity contribution is 7.12. The molecule has 3 nitrogen and oxygen atoms in total. The summed E-state index contributed by atoms with van der Waals surface area (Å²) >= 11 is 1.47. The topological polar surface area (TPSA) is 55.1 Å². The second-order valence-corrected chi connectivity index (χ2v) is 4.86. The van der Waals surface area contributed by atoms with Crippen molar-refractivity contribution in [3.8, 4) is 0 Å². The summed E-state index contributed by atoms with van der Waals surface area (Å²) < 4.78 is 0. The minimum Gasteiger partial charge on any atom is -0.326 e. The van der Waals surface area contributed by atoms with Gasteiger partial charge in [0, 0.05) is 12.2 Å². The molecule has 3 N–H and O–H groups in total. The van der Waals surface area contributed by atoms with Crippen LogP contribution in [0, 0.1) is 0 Å². The number of hydrogen-bond donors (Lipinski definition) is 2. The van der Waals surface area contributed by atoms with E-state index in [9.17, 15) is 4.79 Å². The Morgan fingerprint density at radius 2 is 2.06 bits per heavy atom. The lowest BCUT2D eigenvalue weighted by Gasteiger charge is -2.09. The Morgan fingerprint density at radius 3 is 2.78 bits per heavy atom. The van der Waals surface area contributed by atoms with Gasteiger partial charge < -0.3 is 11.1 Å². The summed E-state index contributed by atoms with van der Waals surface area (Å²) in [4.78, 5) is 13.0. The normalized spacial score (nSPS) is 10.3. The molecule has 0 radical (unpaired) electrons. The van der Waals surface area contributed by atoms with Gasteiger partial charge in [0.25, 0.3) is 5.91 Å². The minimum absolute atomic E-state index is 0.0530. The molecule has 1 aromatic heterocycles. The lowest BCUT2D eigenvalue weighted by Crippen LogP contribution is -2.14. The van der Waals surface area contributed by atoms with Crippen molar-refractivity contribution in [3.63, 3.8) is 0 Å². The summed E-state index contributed by atoms with van der Waals surface area (Å²) in [6, 6.07) is 9.60. The van der Waals surface area contributed by atoms with E-state index in [-0.39, 0.29) is 5.91 Å². The van der Waals surface area contributed by atoms with Crippen LogP contribution in [0.1, 0.15) is 27.7 Å². The summed E-state index contributed by atoms with van der Waals surface area (Å²) in [5.41, 5.74) is 8.48. The molecule has 0 aliphatic rings. The highest BCUT2D eigenvalue weighted by Crippen LogP contribution is 2.21. The van der Waals surface area contributed by atoms with E-state index in [2.05, 4.69) is 5.32 Å². The van der Waals surface area contributed by atoms with Crippen LogP contribution in [0.4, 0.5) is 5.69 Å². The number of nitrogens with two attached hydrogens (primary N) is 1. The van der Waals surface area contributed by atoms with Crippen molar-refractivity contribution in [2.75, 3.05) is 5.32 Å². The van der Waals surface area contributed by atoms with Gasteiger partial charge >= 0.3 is 0 Å². The van der Waals surface area contributed by atoms with Crippen molar-refractivity contribution in [1.82, 2.24) is 0 Å². The number of para-hydroxylation sites is 1. The Labute approximate surface area is 111 Å². The van der Waals surface area contributed by atoms with Gasteiger partial charge in [-0.2, -0.15) is 0 Å². The van der Waals surface area contributed by atoms with Crippen molar-refractivity contribution in [2.45, 2.75) is 19.9 Å². The Morgan fingerprint density at radius 1 is 1.28 bits per heavy atom. The monoisotopic (exact) mass is 260 g/mol. The standard InChI is InChI=1S/C14H16N2OS/c1-2-10-7-8-18-13(10)14(17)16-12-6-4-3-5-11(12)9-15/h3-8H,2,9,15H2,1H3,(H,16,17). The SMILES string of the molecule is CCc1ccsc1C(=O)Nc1ccccc1CN. The summed E-state index contributed by atoms with van der Waals surface area (Å²) in [5.74, 6) is -0.0530. The third kappa shape index (κ3) is 2.60. The summed E-state index contributed by atoms with van der Waals surface area (Å²) in [5, 5.41) is 4.88. The molecular formula is C14H16N2OS. The number of thiophene rings is 1. The summed E-state index contributed by atoms with van der Waals surface area (Å²) in [6.45, 7) is 2.47. The smallest absolute Gasteiger partial charge is 0.266 e. The lowest BCUT2D eigenvalue weighted by molar-refractivity contribution is 0.102. The van der Waals surface area contributed by atoms with Gasteiger partial charge in [-0.05, 0) is 35.1 Å². The predicted octanol–water partition coefficient (Wildman–Crippen LogP) is 3.02. The molecule has 0 unspecified atom stereocenters. The van der Waals surface area contributed by atoms with Gasteiger partial charge in [0.05, 0.1) is 4.88 Å². The van der Waals surface area contributed by atoms with Crippen LogP contribution in [0.15, 0.2) is 35.7 Å². The number of carbonyl (C=O) groups excluding carboxylic acids is 1. The van der Waals surface area contributed by atoms with Gasteiger partial charge in [0.1, 0.15) is 0 Å². The van der Waals surface area contributed by atoms with Crippen LogP contribution in [0.5, 0.6) is 0 Å². The second-order valence-electron chi connectivity index (χ2n) is 3.94. The molecule has 0 aliphatic carbocycles. The molecule has 0 aliphatic heterocycles. The van der Waals surface area contributed by atoms with Crippen LogP contribution in [-0.4, -0.2) is 5.91 Å². The largest absolute Gasteiger partial charge is 0.326 e. The van der Waals surface area contributed by atoms with E-state index in [0.717, 1.165) is 28.1 Å². The van der Waals surface area contributed by atoms with Crippen LogP contribution in [-0.2, 0) is 13.0 Å². The fourth-order valence-corrected chi connectivity index (χ4v) is 2.70. The van der Waals surface area contributed by atoms with Crippen LogP contribution in [0.3, 0.4) is 0 Å². The number of hydrogen-bond acceptors (Lipinski definition) is 3. The quantitative estimate of drug-likeness (QED) is 0.887. The number of anilines is 1. The van der Waals surface area contributed by atoms with E-state index in [1.807, 2.05) is 42.6 Å². The van der Waals surface area contributed by atoms with Gasteiger partial charge in [-0.1, -0.05) is 25.1 Å². The van der Waals surface area contributed by atoms with Gasteiger partial charge in [-0.25, -0.2) is 0 Å². The van der Waals surface area contributed by atoms with Crippen molar-refractivity contribution in [3.05, 3.63) is 51.7 Å². The molecule has 0 saturated carbocycles. The summed E-state index contributed by atoms with van der Waals surface area (Å²) in [6.07, 6.45) is 0.866. The molecule has 2 rings (SSSR count). The highest BCUT2D eigenvalue weighted by Gasteiger charge is 2.13. The number of carbonyl (C=O) groups is 1. The Balaban J connectivity index is 2.21. The molecule has 2 aromatic rings. The van der Waals surface area contributed by atoms with E-state index in [1.165, 1.54) is 11.3 Å². The number of amides is 1. The Hall–Kier alpha value is -1.65. The molecule has 0 saturated heterocycles. The number of nitrogens with one attached hydrogen (secondary N) is 1. The van der Waals surface area contributed by atoms with Crippen molar-refractivity contribution >= 4 is 22.9 Å². The van der Waals surface area contributed by atoms with E-state index in [1.54, 1.807) is 0 Å². The molecule has 0 fully saturated rings. The first-order valence-electron chi connectivity index (χ1n) is 5.92. The van der Waals surface area contributed by atoms with Crippen molar-refractivity contribution in [1.29, 1.82) is 0 Å². The van der Waals surface area contributed by atoms with Crippen molar-refractivity contribution < 1.29 is 4.79 Å². The van der Waals surface area contributed by atoms with E-state index < -0.39 is 0 Å². The van der Waals surface area contributed by atoms with Crippen LogP contribution in [0.2, 0.25) is 0 Å². The Kier molecular flexibility index (Phi) is 4.12. The molecule has 1 amide bonds. The lowest BCUT2D eigenvalue weighted by atomic mass is 10.1. The van der Waals surface area contributed by atoms with Gasteiger partial charge in [0.2, 0.25) is 0 Å². The molecule has 0 bridgehead atoms. The first kappa shape index (κ1) is 12.8. The fraction of sp³-hybridized carbons (Fsp3) is 0.214. The third-order valence-corrected chi connectivity index (χ3v) is 3.77. The predicted molar refractivity (Wildman–Crippen MR) is 76.0 cm³/mol. The molecule has 4 heteroatoms. The Bertz CT molecular complexity index is 548. The molecule has 1 aromatic carbocycles. The summed E-state index contributed by atoms with van der Waals surface area (Å²) in [7, 11) is 0. The fourth-order valence-electron chi connectivity index (χ4n) is 1.81. The maximum Gasteiger partial charge on any atom is 0.266 e. The van der Waals surface area contributed by atoms with Crippen LogP contribution >= 0.6 is 11.3 Å². The molecule has 94 valence electrons. The van der Waals surface area contributed by atoms with E-state index >= 15 is 0 Å². The number of rotatable bonds is 4. The highest BCUT2D eigenvalue weighted by atomic mass is 32.1. The van der Waals surface area contributed by atoms with Gasteiger partial charge in [-0.15, -0.1) is 11.3 Å². The maximum atomic E-state index is 12.2. The van der Waals surface area contributed by atoms with Gasteiger partial charge in [0.15, 0.2) is 0 Å². The molecule has 18 heavy (non-hydrogen) atoms. The number of aryl methyl sites for hydroxylation is 1. The van der Waals surface area contributed by atoms with Crippen LogP contribution < -0.4 is 11.1 Å². The first-order valence-corrected chi connectivity index (χ1v) is 6.80. The van der Waals surface area contributed by atoms with Crippen LogP contribution in [0.25, 0.3) is 0 Å². The minimum atomic E-state index is -0.0530. The number of benzene rings is 1. The maximum absolute atomic E-state index is 12.2. The zero-order valence-electron chi connectivity index (χ0n) is 10.3. The molecule has 0 atom stereocenters. The molecule has 0 spiro atoms. The zero-order valence-corrected chi connectivity index (χ0v) is 11.1. The average Bonchev–Trinajstić information content (AvgIpc) is 2.87. The van der Waals surface area contributed by atoms with Gasteiger partial charge in [-0.3, -0.25) is 4.79 Å². The average molecular weight is 260 g/mol. The second kappa shape index (κ2) is 5.80. The molecular weight excluding hydrogens is 244 g/mol. The van der Waals surface area contributed by atoms with E-state index in [4.69, 9.17) is 5.73 Å². The van der Waals surface area contributed by atoms with E-state index in [0.29, 0.717) is 6.54 Å². The zero-order chi connectivity index (χ0) is 13.0. The first-order chi connectivity index (χ1) is 8.76.